The smallest absolute Gasteiger partial charge is 0.125 e. The SMILES string of the molecule is CCCNCc1cc(F)cc(N(CC)c2ccccc2)c1. The molecule has 2 aromatic carbocycles. The molecule has 0 fully saturated rings. The maximum absolute atomic E-state index is 13.9. The summed E-state index contributed by atoms with van der Waals surface area (Å²) in [6, 6.07) is 15.3. The topological polar surface area (TPSA) is 15.3 Å². The number of hydrogen-bond acceptors (Lipinski definition) is 2. The van der Waals surface area contributed by atoms with Crippen molar-refractivity contribution in [1.29, 1.82) is 0 Å². The Hall–Kier alpha value is -1.87. The molecule has 0 amide bonds. The molecule has 0 saturated carbocycles. The second kappa shape index (κ2) is 7.79. The molecule has 0 atom stereocenters. The van der Waals surface area contributed by atoms with Gasteiger partial charge in [0.25, 0.3) is 0 Å². The quantitative estimate of drug-likeness (QED) is 0.755. The molecule has 3 heteroatoms. The third kappa shape index (κ3) is 4.30. The van der Waals surface area contributed by atoms with Gasteiger partial charge in [-0.3, -0.25) is 0 Å². The van der Waals surface area contributed by atoms with Crippen molar-refractivity contribution < 1.29 is 4.39 Å². The van der Waals surface area contributed by atoms with Gasteiger partial charge in [-0.2, -0.15) is 0 Å². The number of benzene rings is 2. The summed E-state index contributed by atoms with van der Waals surface area (Å²) in [5.41, 5.74) is 2.96. The van der Waals surface area contributed by atoms with Gasteiger partial charge in [0, 0.05) is 24.5 Å². The van der Waals surface area contributed by atoms with Gasteiger partial charge in [-0.15, -0.1) is 0 Å². The molecule has 2 nitrogen and oxygen atoms in total. The van der Waals surface area contributed by atoms with Crippen molar-refractivity contribution in [3.63, 3.8) is 0 Å². The Balaban J connectivity index is 2.25. The Morgan fingerprint density at radius 3 is 2.43 bits per heavy atom. The fraction of sp³-hybridized carbons (Fsp3) is 0.333. The number of para-hydroxylation sites is 1. The maximum Gasteiger partial charge on any atom is 0.125 e. The Morgan fingerprint density at radius 1 is 1.00 bits per heavy atom. The molecule has 0 aliphatic rings. The van der Waals surface area contributed by atoms with Gasteiger partial charge in [-0.05, 0) is 55.8 Å². The van der Waals surface area contributed by atoms with E-state index in [1.54, 1.807) is 12.1 Å². The molecule has 0 bridgehead atoms. The standard InChI is InChI=1S/C18H23FN2/c1-3-10-20-14-15-11-16(19)13-18(12-15)21(4-2)17-8-6-5-7-9-17/h5-9,11-13,20H,3-4,10,14H2,1-2H3. The lowest BCUT2D eigenvalue weighted by molar-refractivity contribution is 0.619. The van der Waals surface area contributed by atoms with Gasteiger partial charge in [-0.1, -0.05) is 25.1 Å². The average Bonchev–Trinajstić information content (AvgIpc) is 2.49. The molecule has 2 rings (SSSR count). The van der Waals surface area contributed by atoms with Gasteiger partial charge < -0.3 is 10.2 Å². The fourth-order valence-corrected chi connectivity index (χ4v) is 2.42. The number of halogens is 1. The van der Waals surface area contributed by atoms with Crippen LogP contribution in [0.3, 0.4) is 0 Å². The van der Waals surface area contributed by atoms with E-state index in [9.17, 15) is 4.39 Å². The first kappa shape index (κ1) is 15.5. The zero-order chi connectivity index (χ0) is 15.1. The third-order valence-corrected chi connectivity index (χ3v) is 3.39. The van der Waals surface area contributed by atoms with E-state index in [2.05, 4.69) is 30.1 Å². The van der Waals surface area contributed by atoms with Crippen LogP contribution in [0.1, 0.15) is 25.8 Å². The largest absolute Gasteiger partial charge is 0.342 e. The lowest BCUT2D eigenvalue weighted by Gasteiger charge is -2.24. The first-order valence-corrected chi connectivity index (χ1v) is 7.57. The van der Waals surface area contributed by atoms with Crippen LogP contribution >= 0.6 is 0 Å². The highest BCUT2D eigenvalue weighted by molar-refractivity contribution is 5.63. The van der Waals surface area contributed by atoms with E-state index < -0.39 is 0 Å². The Morgan fingerprint density at radius 2 is 1.76 bits per heavy atom. The van der Waals surface area contributed by atoms with Crippen molar-refractivity contribution in [3.8, 4) is 0 Å². The van der Waals surface area contributed by atoms with E-state index in [-0.39, 0.29) is 5.82 Å². The second-order valence-electron chi connectivity index (χ2n) is 5.07. The van der Waals surface area contributed by atoms with Crippen molar-refractivity contribution in [2.24, 2.45) is 0 Å². The molecule has 0 saturated heterocycles. The number of rotatable bonds is 7. The summed E-state index contributed by atoms with van der Waals surface area (Å²) < 4.78 is 13.9. The number of nitrogens with one attached hydrogen (secondary N) is 1. The summed E-state index contributed by atoms with van der Waals surface area (Å²) in [6.07, 6.45) is 1.08. The van der Waals surface area contributed by atoms with Crippen LogP contribution in [0.15, 0.2) is 48.5 Å². The molecule has 0 aliphatic carbocycles. The first-order valence-electron chi connectivity index (χ1n) is 7.57. The minimum absolute atomic E-state index is 0.185. The minimum Gasteiger partial charge on any atom is -0.342 e. The third-order valence-electron chi connectivity index (χ3n) is 3.39. The average molecular weight is 286 g/mol. The van der Waals surface area contributed by atoms with Crippen LogP contribution in [0.25, 0.3) is 0 Å². The summed E-state index contributed by atoms with van der Waals surface area (Å²) in [4.78, 5) is 2.12. The molecular weight excluding hydrogens is 263 g/mol. The van der Waals surface area contributed by atoms with Crippen molar-refractivity contribution in [3.05, 3.63) is 59.9 Å². The number of nitrogens with zero attached hydrogens (tertiary/aromatic N) is 1. The van der Waals surface area contributed by atoms with E-state index in [1.165, 1.54) is 0 Å². The Bertz CT molecular complexity index is 554. The van der Waals surface area contributed by atoms with E-state index in [0.717, 1.165) is 36.4 Å². The number of hydrogen-bond donors (Lipinski definition) is 1. The highest BCUT2D eigenvalue weighted by Crippen LogP contribution is 2.26. The van der Waals surface area contributed by atoms with E-state index in [1.807, 2.05) is 30.3 Å². The predicted molar refractivity (Wildman–Crippen MR) is 87.5 cm³/mol. The molecule has 1 N–H and O–H groups in total. The highest BCUT2D eigenvalue weighted by atomic mass is 19.1. The lowest BCUT2D eigenvalue weighted by Crippen LogP contribution is -2.18. The van der Waals surface area contributed by atoms with Crippen molar-refractivity contribution in [2.75, 3.05) is 18.0 Å². The normalized spacial score (nSPS) is 10.6. The summed E-state index contributed by atoms with van der Waals surface area (Å²) in [6.45, 7) is 6.65. The molecule has 0 spiro atoms. The minimum atomic E-state index is -0.185. The van der Waals surface area contributed by atoms with Gasteiger partial charge in [0.1, 0.15) is 5.82 Å². The Labute approximate surface area is 126 Å². The predicted octanol–water partition coefficient (Wildman–Crippen LogP) is 4.48. The number of anilines is 2. The maximum atomic E-state index is 13.9. The monoisotopic (exact) mass is 286 g/mol. The van der Waals surface area contributed by atoms with Crippen LogP contribution in [-0.4, -0.2) is 13.1 Å². The molecule has 0 radical (unpaired) electrons. The van der Waals surface area contributed by atoms with Crippen molar-refractivity contribution >= 4 is 11.4 Å². The van der Waals surface area contributed by atoms with Crippen LogP contribution < -0.4 is 10.2 Å². The summed E-state index contributed by atoms with van der Waals surface area (Å²) in [5, 5.41) is 3.32. The summed E-state index contributed by atoms with van der Waals surface area (Å²) in [7, 11) is 0. The van der Waals surface area contributed by atoms with Crippen LogP contribution in [0.2, 0.25) is 0 Å². The van der Waals surface area contributed by atoms with Gasteiger partial charge in [0.15, 0.2) is 0 Å². The van der Waals surface area contributed by atoms with Crippen molar-refractivity contribution in [2.45, 2.75) is 26.8 Å². The molecule has 21 heavy (non-hydrogen) atoms. The Kier molecular flexibility index (Phi) is 5.76. The van der Waals surface area contributed by atoms with Gasteiger partial charge in [-0.25, -0.2) is 4.39 Å². The molecule has 112 valence electrons. The molecular formula is C18H23FN2. The van der Waals surface area contributed by atoms with E-state index in [4.69, 9.17) is 0 Å². The van der Waals surface area contributed by atoms with Crippen LogP contribution in [0.4, 0.5) is 15.8 Å². The van der Waals surface area contributed by atoms with Gasteiger partial charge in [0.2, 0.25) is 0 Å². The van der Waals surface area contributed by atoms with E-state index in [0.29, 0.717) is 6.54 Å². The second-order valence-corrected chi connectivity index (χ2v) is 5.07. The first-order chi connectivity index (χ1) is 10.2. The van der Waals surface area contributed by atoms with Gasteiger partial charge in [0.05, 0.1) is 0 Å². The van der Waals surface area contributed by atoms with Crippen LogP contribution in [0.5, 0.6) is 0 Å². The zero-order valence-corrected chi connectivity index (χ0v) is 12.8. The molecule has 0 aromatic heterocycles. The highest BCUT2D eigenvalue weighted by Gasteiger charge is 2.09. The lowest BCUT2D eigenvalue weighted by atomic mass is 10.1. The van der Waals surface area contributed by atoms with Crippen molar-refractivity contribution in [1.82, 2.24) is 5.32 Å². The fourth-order valence-electron chi connectivity index (χ4n) is 2.42. The molecule has 0 heterocycles. The van der Waals surface area contributed by atoms with Crippen LogP contribution in [0, 0.1) is 5.82 Å². The molecule has 0 aliphatic heterocycles. The summed E-state index contributed by atoms with van der Waals surface area (Å²) >= 11 is 0. The zero-order valence-electron chi connectivity index (χ0n) is 12.8. The van der Waals surface area contributed by atoms with Crippen LogP contribution in [-0.2, 0) is 6.54 Å². The molecule has 2 aromatic rings. The van der Waals surface area contributed by atoms with E-state index >= 15 is 0 Å². The molecule has 0 unspecified atom stereocenters. The summed E-state index contributed by atoms with van der Waals surface area (Å²) in [5.74, 6) is -0.185. The van der Waals surface area contributed by atoms with Gasteiger partial charge >= 0.3 is 0 Å².